The quantitative estimate of drug-likeness (QED) is 0.908. The van der Waals surface area contributed by atoms with Crippen LogP contribution in [0.15, 0.2) is 18.2 Å². The molecule has 0 bridgehead atoms. The SMILES string of the molecule is O=C(Nc1nc2cccc(N3CCOCC3)n2n1)C1CC1. The molecule has 1 saturated heterocycles. The molecule has 0 radical (unpaired) electrons. The predicted molar refractivity (Wildman–Crippen MR) is 77.4 cm³/mol. The number of anilines is 2. The van der Waals surface area contributed by atoms with Crippen molar-refractivity contribution in [2.45, 2.75) is 12.8 Å². The standard InChI is InChI=1S/C14H17N5O2/c20-13(10-4-5-10)16-14-15-11-2-1-3-12(19(11)17-14)18-6-8-21-9-7-18/h1-3,10H,4-9H2,(H,16,17,20). The number of ether oxygens (including phenoxy) is 1. The van der Waals surface area contributed by atoms with E-state index in [0.29, 0.717) is 5.95 Å². The van der Waals surface area contributed by atoms with Crippen molar-refractivity contribution in [2.24, 2.45) is 5.92 Å². The normalized spacial score (nSPS) is 19.0. The van der Waals surface area contributed by atoms with Crippen LogP contribution < -0.4 is 10.2 Å². The fourth-order valence-corrected chi connectivity index (χ4v) is 2.53. The smallest absolute Gasteiger partial charge is 0.249 e. The van der Waals surface area contributed by atoms with Gasteiger partial charge in [-0.15, -0.1) is 5.10 Å². The molecule has 7 nitrogen and oxygen atoms in total. The van der Waals surface area contributed by atoms with E-state index < -0.39 is 0 Å². The van der Waals surface area contributed by atoms with Crippen molar-refractivity contribution >= 4 is 23.3 Å². The first kappa shape index (κ1) is 12.6. The van der Waals surface area contributed by atoms with Crippen LogP contribution in [0.2, 0.25) is 0 Å². The Balaban J connectivity index is 1.64. The van der Waals surface area contributed by atoms with Crippen molar-refractivity contribution in [3.8, 4) is 0 Å². The Morgan fingerprint density at radius 1 is 1.29 bits per heavy atom. The summed E-state index contributed by atoms with van der Waals surface area (Å²) in [6, 6.07) is 5.87. The van der Waals surface area contributed by atoms with Crippen LogP contribution in [0.5, 0.6) is 0 Å². The van der Waals surface area contributed by atoms with Crippen LogP contribution in [0.4, 0.5) is 11.8 Å². The van der Waals surface area contributed by atoms with Gasteiger partial charge >= 0.3 is 0 Å². The lowest BCUT2D eigenvalue weighted by Crippen LogP contribution is -2.37. The Labute approximate surface area is 121 Å². The summed E-state index contributed by atoms with van der Waals surface area (Å²) in [6.45, 7) is 3.11. The molecule has 1 amide bonds. The van der Waals surface area contributed by atoms with E-state index in [4.69, 9.17) is 4.74 Å². The third kappa shape index (κ3) is 2.44. The molecular formula is C14H17N5O2. The highest BCUT2D eigenvalue weighted by atomic mass is 16.5. The van der Waals surface area contributed by atoms with E-state index in [1.165, 1.54) is 0 Å². The van der Waals surface area contributed by atoms with Crippen LogP contribution in [0, 0.1) is 5.92 Å². The number of morpholine rings is 1. The molecule has 2 aliphatic rings. The topological polar surface area (TPSA) is 71.8 Å². The summed E-state index contributed by atoms with van der Waals surface area (Å²) in [5.41, 5.74) is 0.741. The highest BCUT2D eigenvalue weighted by molar-refractivity contribution is 5.92. The molecule has 0 spiro atoms. The zero-order valence-electron chi connectivity index (χ0n) is 11.7. The molecule has 1 saturated carbocycles. The Kier molecular flexibility index (Phi) is 2.99. The van der Waals surface area contributed by atoms with Gasteiger partial charge in [0.05, 0.1) is 13.2 Å². The van der Waals surface area contributed by atoms with E-state index >= 15 is 0 Å². The maximum atomic E-state index is 11.8. The van der Waals surface area contributed by atoms with E-state index in [2.05, 4.69) is 20.3 Å². The van der Waals surface area contributed by atoms with Crippen LogP contribution in [0.3, 0.4) is 0 Å². The number of nitrogens with one attached hydrogen (secondary N) is 1. The predicted octanol–water partition coefficient (Wildman–Crippen LogP) is 0.914. The maximum absolute atomic E-state index is 11.8. The molecule has 2 aromatic rings. The average Bonchev–Trinajstić information content (AvgIpc) is 3.28. The van der Waals surface area contributed by atoms with Gasteiger partial charge < -0.3 is 9.64 Å². The molecular weight excluding hydrogens is 270 g/mol. The second kappa shape index (κ2) is 5.00. The number of hydrogen-bond donors (Lipinski definition) is 1. The molecule has 3 heterocycles. The van der Waals surface area contributed by atoms with Crippen molar-refractivity contribution < 1.29 is 9.53 Å². The number of aromatic nitrogens is 3. The fourth-order valence-electron chi connectivity index (χ4n) is 2.53. The number of carbonyl (C=O) groups is 1. The van der Waals surface area contributed by atoms with Crippen molar-refractivity contribution in [2.75, 3.05) is 36.5 Å². The molecule has 2 aromatic heterocycles. The summed E-state index contributed by atoms with van der Waals surface area (Å²) in [5.74, 6) is 1.54. The first-order valence-corrected chi connectivity index (χ1v) is 7.30. The van der Waals surface area contributed by atoms with Gasteiger partial charge in [-0.25, -0.2) is 0 Å². The third-order valence-electron chi connectivity index (χ3n) is 3.86. The molecule has 1 aliphatic heterocycles. The minimum absolute atomic E-state index is 0.0267. The second-order valence-electron chi connectivity index (χ2n) is 5.45. The minimum Gasteiger partial charge on any atom is -0.378 e. The molecule has 21 heavy (non-hydrogen) atoms. The summed E-state index contributed by atoms with van der Waals surface area (Å²) in [4.78, 5) is 18.4. The Bertz CT molecular complexity index is 673. The van der Waals surface area contributed by atoms with Gasteiger partial charge in [-0.05, 0) is 25.0 Å². The van der Waals surface area contributed by atoms with E-state index in [-0.39, 0.29) is 11.8 Å². The van der Waals surface area contributed by atoms with E-state index in [9.17, 15) is 4.79 Å². The van der Waals surface area contributed by atoms with Crippen molar-refractivity contribution in [1.29, 1.82) is 0 Å². The second-order valence-corrected chi connectivity index (χ2v) is 5.45. The van der Waals surface area contributed by atoms with Crippen LogP contribution in [0.1, 0.15) is 12.8 Å². The van der Waals surface area contributed by atoms with E-state index in [0.717, 1.165) is 50.6 Å². The average molecular weight is 287 g/mol. The number of rotatable bonds is 3. The van der Waals surface area contributed by atoms with Gasteiger partial charge in [0.15, 0.2) is 5.65 Å². The van der Waals surface area contributed by atoms with Gasteiger partial charge in [0.2, 0.25) is 11.9 Å². The Morgan fingerprint density at radius 3 is 2.86 bits per heavy atom. The summed E-state index contributed by atoms with van der Waals surface area (Å²) >= 11 is 0. The summed E-state index contributed by atoms with van der Waals surface area (Å²) in [5, 5.41) is 7.23. The lowest BCUT2D eigenvalue weighted by molar-refractivity contribution is -0.117. The molecule has 110 valence electrons. The van der Waals surface area contributed by atoms with Crippen LogP contribution in [-0.2, 0) is 9.53 Å². The van der Waals surface area contributed by atoms with Gasteiger partial charge in [-0.1, -0.05) is 6.07 Å². The van der Waals surface area contributed by atoms with Crippen molar-refractivity contribution in [1.82, 2.24) is 14.6 Å². The first-order chi connectivity index (χ1) is 10.3. The Morgan fingerprint density at radius 2 is 2.10 bits per heavy atom. The molecule has 1 aliphatic carbocycles. The molecule has 2 fully saturated rings. The molecule has 0 unspecified atom stereocenters. The monoisotopic (exact) mass is 287 g/mol. The number of nitrogens with zero attached hydrogens (tertiary/aromatic N) is 4. The largest absolute Gasteiger partial charge is 0.378 e. The zero-order valence-corrected chi connectivity index (χ0v) is 11.7. The van der Waals surface area contributed by atoms with Crippen LogP contribution in [-0.4, -0.2) is 46.8 Å². The molecule has 7 heteroatoms. The number of fused-ring (bicyclic) bond motifs is 1. The lowest BCUT2D eigenvalue weighted by Gasteiger charge is -2.28. The van der Waals surface area contributed by atoms with Gasteiger partial charge in [0.25, 0.3) is 0 Å². The van der Waals surface area contributed by atoms with Crippen molar-refractivity contribution in [3.63, 3.8) is 0 Å². The minimum atomic E-state index is 0.0267. The number of carbonyl (C=O) groups excluding carboxylic acids is 1. The third-order valence-corrected chi connectivity index (χ3v) is 3.86. The van der Waals surface area contributed by atoms with Gasteiger partial charge in [0.1, 0.15) is 5.82 Å². The summed E-state index contributed by atoms with van der Waals surface area (Å²) in [7, 11) is 0. The summed E-state index contributed by atoms with van der Waals surface area (Å²) in [6.07, 6.45) is 1.94. The first-order valence-electron chi connectivity index (χ1n) is 7.30. The van der Waals surface area contributed by atoms with E-state index in [1.807, 2.05) is 18.2 Å². The van der Waals surface area contributed by atoms with Crippen LogP contribution >= 0.6 is 0 Å². The number of hydrogen-bond acceptors (Lipinski definition) is 5. The Hall–Kier alpha value is -2.15. The summed E-state index contributed by atoms with van der Waals surface area (Å²) < 4.78 is 7.17. The fraction of sp³-hybridized carbons (Fsp3) is 0.500. The highest BCUT2D eigenvalue weighted by Gasteiger charge is 2.30. The molecule has 0 atom stereocenters. The molecule has 0 aromatic carbocycles. The van der Waals surface area contributed by atoms with Gasteiger partial charge in [0, 0.05) is 19.0 Å². The molecule has 4 rings (SSSR count). The number of amides is 1. The van der Waals surface area contributed by atoms with Gasteiger partial charge in [-0.3, -0.25) is 10.1 Å². The zero-order chi connectivity index (χ0) is 14.2. The van der Waals surface area contributed by atoms with Gasteiger partial charge in [-0.2, -0.15) is 9.50 Å². The number of pyridine rings is 1. The molecule has 1 N–H and O–H groups in total. The maximum Gasteiger partial charge on any atom is 0.249 e. The highest BCUT2D eigenvalue weighted by Crippen LogP contribution is 2.30. The van der Waals surface area contributed by atoms with E-state index in [1.54, 1.807) is 4.52 Å². The lowest BCUT2D eigenvalue weighted by atomic mass is 10.3. The van der Waals surface area contributed by atoms with Crippen molar-refractivity contribution in [3.05, 3.63) is 18.2 Å². The van der Waals surface area contributed by atoms with Crippen LogP contribution in [0.25, 0.3) is 5.65 Å².